The van der Waals surface area contributed by atoms with E-state index in [1.165, 1.54) is 0 Å². The summed E-state index contributed by atoms with van der Waals surface area (Å²) in [5.41, 5.74) is 0. The van der Waals surface area contributed by atoms with Crippen molar-refractivity contribution in [3.8, 4) is 0 Å². The molecule has 0 saturated carbocycles. The van der Waals surface area contributed by atoms with E-state index in [9.17, 15) is 19.2 Å². The van der Waals surface area contributed by atoms with Gasteiger partial charge >= 0.3 is 5.97 Å². The van der Waals surface area contributed by atoms with E-state index in [0.717, 1.165) is 38.8 Å². The van der Waals surface area contributed by atoms with Crippen LogP contribution in [0.25, 0.3) is 0 Å². The van der Waals surface area contributed by atoms with Crippen LogP contribution in [0, 0.1) is 17.8 Å². The smallest absolute Gasteiger partial charge is 0.307 e. The first-order chi connectivity index (χ1) is 14.7. The monoisotopic (exact) mass is 438 g/mol. The zero-order valence-electron chi connectivity index (χ0n) is 18.8. The van der Waals surface area contributed by atoms with Crippen LogP contribution in [-0.2, 0) is 19.2 Å². The van der Waals surface area contributed by atoms with Gasteiger partial charge in [0.1, 0.15) is 6.17 Å². The molecule has 2 heterocycles. The molecule has 0 aliphatic carbocycles. The Morgan fingerprint density at radius 3 is 2.42 bits per heavy atom. The van der Waals surface area contributed by atoms with Gasteiger partial charge in [-0.1, -0.05) is 13.8 Å². The molecule has 0 aromatic heterocycles. The maximum Gasteiger partial charge on any atom is 0.307 e. The molecule has 0 spiro atoms. The van der Waals surface area contributed by atoms with Crippen molar-refractivity contribution in [1.82, 2.24) is 20.9 Å². The van der Waals surface area contributed by atoms with Crippen LogP contribution in [0.4, 0.5) is 0 Å². The van der Waals surface area contributed by atoms with E-state index in [-0.39, 0.29) is 36.5 Å². The van der Waals surface area contributed by atoms with Gasteiger partial charge in [-0.3, -0.25) is 19.2 Å². The highest BCUT2D eigenvalue weighted by Crippen LogP contribution is 2.21. The minimum atomic E-state index is -1.10. The molecule has 2 aliphatic rings. The number of carbonyl (C=O) groups is 4. The molecule has 0 unspecified atom stereocenters. The molecule has 2 fully saturated rings. The highest BCUT2D eigenvalue weighted by atomic mass is 16.4. The number of amides is 3. The maximum absolute atomic E-state index is 12.8. The number of carboxylic acid groups (broad SMARTS) is 1. The third-order valence-electron chi connectivity index (χ3n) is 5.99. The predicted molar refractivity (Wildman–Crippen MR) is 116 cm³/mol. The topological polar surface area (TPSA) is 128 Å². The molecule has 2 saturated heterocycles. The van der Waals surface area contributed by atoms with Crippen molar-refractivity contribution in [3.63, 3.8) is 0 Å². The Balaban J connectivity index is 1.85. The fourth-order valence-corrected chi connectivity index (χ4v) is 4.30. The van der Waals surface area contributed by atoms with Gasteiger partial charge in [0.25, 0.3) is 0 Å². The molecule has 9 nitrogen and oxygen atoms in total. The lowest BCUT2D eigenvalue weighted by Crippen LogP contribution is -2.53. The highest BCUT2D eigenvalue weighted by molar-refractivity contribution is 5.83. The van der Waals surface area contributed by atoms with Gasteiger partial charge < -0.3 is 26.0 Å². The highest BCUT2D eigenvalue weighted by Gasteiger charge is 2.30. The summed E-state index contributed by atoms with van der Waals surface area (Å²) in [7, 11) is 0. The van der Waals surface area contributed by atoms with Gasteiger partial charge in [0.05, 0.1) is 12.3 Å². The first-order valence-electron chi connectivity index (χ1n) is 11.5. The Morgan fingerprint density at radius 2 is 1.77 bits per heavy atom. The number of carbonyl (C=O) groups excluding carboxylic acids is 3. The molecule has 2 rings (SSSR count). The van der Waals surface area contributed by atoms with Crippen molar-refractivity contribution in [2.24, 2.45) is 17.8 Å². The molecular weight excluding hydrogens is 400 g/mol. The molecule has 0 bridgehead atoms. The minimum Gasteiger partial charge on any atom is -0.481 e. The quantitative estimate of drug-likeness (QED) is 0.378. The Labute approximate surface area is 184 Å². The lowest BCUT2D eigenvalue weighted by molar-refractivity contribution is -0.138. The van der Waals surface area contributed by atoms with Gasteiger partial charge in [-0.15, -0.1) is 0 Å². The molecule has 9 heteroatoms. The molecule has 4 N–H and O–H groups in total. The fourth-order valence-electron chi connectivity index (χ4n) is 4.30. The van der Waals surface area contributed by atoms with Crippen LogP contribution in [-0.4, -0.2) is 66.0 Å². The average molecular weight is 439 g/mol. The zero-order valence-corrected chi connectivity index (χ0v) is 18.8. The van der Waals surface area contributed by atoms with E-state index in [4.69, 9.17) is 5.11 Å². The average Bonchev–Trinajstić information content (AvgIpc) is 2.71. The zero-order chi connectivity index (χ0) is 22.8. The van der Waals surface area contributed by atoms with Crippen LogP contribution < -0.4 is 16.0 Å². The van der Waals surface area contributed by atoms with Crippen molar-refractivity contribution in [3.05, 3.63) is 0 Å². The molecule has 2 atom stereocenters. The number of nitrogens with one attached hydrogen (secondary N) is 3. The molecule has 3 amide bonds. The summed E-state index contributed by atoms with van der Waals surface area (Å²) < 4.78 is 0. The summed E-state index contributed by atoms with van der Waals surface area (Å²) in [6.45, 7) is 6.80. The van der Waals surface area contributed by atoms with Crippen molar-refractivity contribution >= 4 is 23.7 Å². The van der Waals surface area contributed by atoms with Crippen LogP contribution in [0.2, 0.25) is 0 Å². The van der Waals surface area contributed by atoms with E-state index in [1.54, 1.807) is 4.90 Å². The Hall–Kier alpha value is -2.16. The lowest BCUT2D eigenvalue weighted by atomic mass is 9.92. The third-order valence-corrected chi connectivity index (χ3v) is 5.99. The van der Waals surface area contributed by atoms with Crippen LogP contribution in [0.15, 0.2) is 0 Å². The second-order valence-corrected chi connectivity index (χ2v) is 9.24. The van der Waals surface area contributed by atoms with Gasteiger partial charge in [-0.25, -0.2) is 0 Å². The number of aliphatic carboxylic acids is 1. The van der Waals surface area contributed by atoms with Gasteiger partial charge in [0, 0.05) is 25.9 Å². The van der Waals surface area contributed by atoms with Gasteiger partial charge in [-0.2, -0.15) is 0 Å². The number of likely N-dealkylation sites (tertiary alicyclic amines) is 1. The van der Waals surface area contributed by atoms with E-state index in [1.807, 2.05) is 13.8 Å². The largest absolute Gasteiger partial charge is 0.481 e. The first kappa shape index (κ1) is 25.1. The van der Waals surface area contributed by atoms with Crippen molar-refractivity contribution in [2.45, 2.75) is 71.4 Å². The van der Waals surface area contributed by atoms with Crippen molar-refractivity contribution in [1.29, 1.82) is 0 Å². The molecular formula is C22H38N4O5. The number of hydrogen-bond acceptors (Lipinski definition) is 5. The van der Waals surface area contributed by atoms with E-state index in [0.29, 0.717) is 31.8 Å². The van der Waals surface area contributed by atoms with Gasteiger partial charge in [0.15, 0.2) is 0 Å². The molecule has 31 heavy (non-hydrogen) atoms. The maximum atomic E-state index is 12.8. The molecule has 0 radical (unpaired) electrons. The summed E-state index contributed by atoms with van der Waals surface area (Å²) in [4.78, 5) is 50.4. The van der Waals surface area contributed by atoms with E-state index >= 15 is 0 Å². The van der Waals surface area contributed by atoms with Gasteiger partial charge in [-0.05, 0) is 57.0 Å². The molecule has 176 valence electrons. The van der Waals surface area contributed by atoms with Crippen LogP contribution >= 0.6 is 0 Å². The molecule has 2 aliphatic heterocycles. The molecule has 0 aromatic carbocycles. The van der Waals surface area contributed by atoms with Gasteiger partial charge in [0.2, 0.25) is 17.7 Å². The summed E-state index contributed by atoms with van der Waals surface area (Å²) in [6, 6.07) is 0. The standard InChI is InChI=1S/C22H38N4O5/c1-15(2)12-19(27)24-18(13-21(29)30)25-22(31)17-4-3-11-26(14-17)20(28)6-5-16-7-9-23-10-8-16/h15-18,23H,3-14H2,1-2H3,(H,24,27)(H,25,31)(H,29,30)/t17-,18-/m1/s1. The third kappa shape index (κ3) is 9.25. The van der Waals surface area contributed by atoms with Crippen LogP contribution in [0.1, 0.15) is 65.2 Å². The molecule has 0 aromatic rings. The van der Waals surface area contributed by atoms with E-state index < -0.39 is 18.1 Å². The summed E-state index contributed by atoms with van der Waals surface area (Å²) in [5.74, 6) is -1.30. The summed E-state index contributed by atoms with van der Waals surface area (Å²) in [6.07, 6.45) is 3.89. The Morgan fingerprint density at radius 1 is 1.06 bits per heavy atom. The number of hydrogen-bond donors (Lipinski definition) is 4. The number of carboxylic acids is 1. The Bertz CT molecular complexity index is 633. The normalized spacial score (nSPS) is 20.9. The Kier molecular flexibility index (Phi) is 10.2. The lowest BCUT2D eigenvalue weighted by Gasteiger charge is -2.33. The summed E-state index contributed by atoms with van der Waals surface area (Å²) in [5, 5.41) is 17.7. The second kappa shape index (κ2) is 12.6. The second-order valence-electron chi connectivity index (χ2n) is 9.24. The minimum absolute atomic E-state index is 0.0864. The van der Waals surface area contributed by atoms with Crippen LogP contribution in [0.3, 0.4) is 0 Å². The first-order valence-corrected chi connectivity index (χ1v) is 11.5. The SMILES string of the molecule is CC(C)CC(=O)N[C@@H](CC(=O)O)NC(=O)[C@@H]1CCCN(C(=O)CCC2CCNCC2)C1. The number of nitrogens with zero attached hydrogens (tertiary/aromatic N) is 1. The summed E-state index contributed by atoms with van der Waals surface area (Å²) >= 11 is 0. The number of piperidine rings is 2. The van der Waals surface area contributed by atoms with E-state index in [2.05, 4.69) is 16.0 Å². The van der Waals surface area contributed by atoms with Crippen LogP contribution in [0.5, 0.6) is 0 Å². The fraction of sp³-hybridized carbons (Fsp3) is 0.818. The van der Waals surface area contributed by atoms with Crippen molar-refractivity contribution in [2.75, 3.05) is 26.2 Å². The van der Waals surface area contributed by atoms with Crippen molar-refractivity contribution < 1.29 is 24.3 Å². The number of rotatable bonds is 10. The predicted octanol–water partition coefficient (Wildman–Crippen LogP) is 1.08.